The average Bonchev–Trinajstić information content (AvgIpc) is 2.89. The Balaban J connectivity index is 1.52. The molecule has 10 nitrogen and oxygen atoms in total. The van der Waals surface area contributed by atoms with Crippen molar-refractivity contribution >= 4 is 40.8 Å². The number of benzene rings is 2. The Labute approximate surface area is 228 Å². The third kappa shape index (κ3) is 7.04. The van der Waals surface area contributed by atoms with E-state index in [1.807, 2.05) is 58.0 Å². The third-order valence-electron chi connectivity index (χ3n) is 5.98. The molecule has 1 aliphatic heterocycles. The van der Waals surface area contributed by atoms with Crippen molar-refractivity contribution in [1.82, 2.24) is 14.9 Å². The number of ether oxygens (including phenoxy) is 2. The van der Waals surface area contributed by atoms with Crippen molar-refractivity contribution in [3.63, 3.8) is 0 Å². The minimum absolute atomic E-state index is 0.284. The number of anilines is 5. The molecule has 1 aliphatic rings. The summed E-state index contributed by atoms with van der Waals surface area (Å²) in [5, 5.41) is 9.32. The van der Waals surface area contributed by atoms with Crippen LogP contribution in [0, 0.1) is 6.92 Å². The Morgan fingerprint density at radius 3 is 2.59 bits per heavy atom. The van der Waals surface area contributed by atoms with E-state index in [2.05, 4.69) is 32.5 Å². The van der Waals surface area contributed by atoms with Gasteiger partial charge in [0.2, 0.25) is 11.9 Å². The maximum absolute atomic E-state index is 12.6. The van der Waals surface area contributed by atoms with Crippen LogP contribution in [0.1, 0.15) is 37.5 Å². The van der Waals surface area contributed by atoms with Gasteiger partial charge in [0.15, 0.2) is 0 Å². The predicted molar refractivity (Wildman–Crippen MR) is 152 cm³/mol. The number of fused-ring (bicyclic) bond motifs is 1. The first kappa shape index (κ1) is 27.4. The second kappa shape index (κ2) is 11.4. The number of hydrogen-bond acceptors (Lipinski definition) is 8. The van der Waals surface area contributed by atoms with Gasteiger partial charge < -0.3 is 30.3 Å². The van der Waals surface area contributed by atoms with Gasteiger partial charge in [-0.2, -0.15) is 4.98 Å². The van der Waals surface area contributed by atoms with E-state index < -0.39 is 5.60 Å². The minimum Gasteiger partial charge on any atom is -0.495 e. The molecule has 1 aromatic heterocycles. The molecule has 0 spiro atoms. The first-order valence-electron chi connectivity index (χ1n) is 12.6. The summed E-state index contributed by atoms with van der Waals surface area (Å²) in [6.45, 7) is 12.0. The van der Waals surface area contributed by atoms with E-state index in [1.165, 1.54) is 6.08 Å². The molecule has 3 N–H and O–H groups in total. The van der Waals surface area contributed by atoms with E-state index in [4.69, 9.17) is 9.47 Å². The van der Waals surface area contributed by atoms with Crippen LogP contribution in [0.3, 0.4) is 0 Å². The molecule has 0 unspecified atom stereocenters. The number of aromatic nitrogens is 2. The van der Waals surface area contributed by atoms with Crippen LogP contribution in [0.15, 0.2) is 55.3 Å². The number of hydrogen-bond donors (Lipinski definition) is 3. The van der Waals surface area contributed by atoms with Crippen LogP contribution in [-0.2, 0) is 22.5 Å². The Bertz CT molecular complexity index is 1400. The smallest absolute Gasteiger partial charge is 0.410 e. The van der Waals surface area contributed by atoms with Crippen LogP contribution in [-0.4, -0.2) is 46.1 Å². The zero-order chi connectivity index (χ0) is 28.2. The van der Waals surface area contributed by atoms with Crippen LogP contribution in [0.4, 0.5) is 33.6 Å². The minimum atomic E-state index is -0.547. The van der Waals surface area contributed by atoms with Gasteiger partial charge >= 0.3 is 6.09 Å². The first-order valence-corrected chi connectivity index (χ1v) is 12.6. The van der Waals surface area contributed by atoms with Gasteiger partial charge in [-0.1, -0.05) is 12.6 Å². The van der Waals surface area contributed by atoms with E-state index in [0.29, 0.717) is 42.7 Å². The number of nitrogens with one attached hydrogen (secondary N) is 3. The lowest BCUT2D eigenvalue weighted by Crippen LogP contribution is -2.39. The fraction of sp³-hybridized carbons (Fsp3) is 0.310. The van der Waals surface area contributed by atoms with Crippen molar-refractivity contribution in [2.24, 2.45) is 0 Å². The molecule has 2 aromatic carbocycles. The molecule has 0 aliphatic carbocycles. The molecular formula is C29H34N6O4. The molecular weight excluding hydrogens is 496 g/mol. The second-order valence-corrected chi connectivity index (χ2v) is 10.2. The van der Waals surface area contributed by atoms with Crippen molar-refractivity contribution in [2.45, 2.75) is 46.3 Å². The highest BCUT2D eigenvalue weighted by molar-refractivity contribution is 5.99. The molecule has 2 heterocycles. The number of methoxy groups -OCH3 is 1. The molecule has 204 valence electrons. The van der Waals surface area contributed by atoms with Crippen LogP contribution in [0.25, 0.3) is 0 Å². The molecule has 4 rings (SSSR count). The fourth-order valence-electron chi connectivity index (χ4n) is 4.09. The van der Waals surface area contributed by atoms with Crippen LogP contribution in [0.5, 0.6) is 5.75 Å². The summed E-state index contributed by atoms with van der Waals surface area (Å²) in [6, 6.07) is 11.3. The largest absolute Gasteiger partial charge is 0.495 e. The number of nitrogens with zero attached hydrogens (tertiary/aromatic N) is 3. The maximum atomic E-state index is 12.6. The van der Waals surface area contributed by atoms with Gasteiger partial charge in [-0.15, -0.1) is 0 Å². The molecule has 0 atom stereocenters. The lowest BCUT2D eigenvalue weighted by atomic mass is 9.98. The maximum Gasteiger partial charge on any atom is 0.410 e. The molecule has 0 bridgehead atoms. The molecule has 0 fully saturated rings. The normalized spacial score (nSPS) is 12.7. The third-order valence-corrected chi connectivity index (χ3v) is 5.98. The summed E-state index contributed by atoms with van der Waals surface area (Å²) >= 11 is 0. The topological polar surface area (TPSA) is 118 Å². The van der Waals surface area contributed by atoms with Gasteiger partial charge in [-0.05, 0) is 81.7 Å². The predicted octanol–water partition coefficient (Wildman–Crippen LogP) is 5.70. The molecule has 0 saturated carbocycles. The number of rotatable bonds is 7. The summed E-state index contributed by atoms with van der Waals surface area (Å²) in [4.78, 5) is 35.0. The monoisotopic (exact) mass is 530 g/mol. The van der Waals surface area contributed by atoms with Crippen LogP contribution >= 0.6 is 0 Å². The van der Waals surface area contributed by atoms with Crippen molar-refractivity contribution in [2.75, 3.05) is 29.6 Å². The highest BCUT2D eigenvalue weighted by Crippen LogP contribution is 2.34. The summed E-state index contributed by atoms with van der Waals surface area (Å²) in [6.07, 6.45) is 3.31. The first-order chi connectivity index (χ1) is 18.5. The van der Waals surface area contributed by atoms with E-state index in [-0.39, 0.29) is 12.0 Å². The zero-order valence-electron chi connectivity index (χ0n) is 22.9. The lowest BCUT2D eigenvalue weighted by molar-refractivity contribution is -0.111. The Morgan fingerprint density at radius 2 is 1.87 bits per heavy atom. The lowest BCUT2D eigenvalue weighted by Gasteiger charge is -2.31. The fourth-order valence-corrected chi connectivity index (χ4v) is 4.09. The zero-order valence-corrected chi connectivity index (χ0v) is 22.9. The average molecular weight is 531 g/mol. The standard InChI is InChI=1S/C29H34N6O4/c1-7-25(36)31-21-9-8-10-22(15-21)32-26-18(2)16-30-27(34-26)33-23-13-19-11-12-35(28(37)39-29(3,4)5)17-20(19)14-24(23)38-6/h7-10,13-16H,1,11-12,17H2,2-6H3,(H,31,36)(H2,30,32,33,34). The Hall–Kier alpha value is -4.60. The summed E-state index contributed by atoms with van der Waals surface area (Å²) in [5.74, 6) is 1.34. The van der Waals surface area contributed by atoms with E-state index in [0.717, 1.165) is 28.1 Å². The van der Waals surface area contributed by atoms with E-state index in [1.54, 1.807) is 24.3 Å². The number of carbonyl (C=O) groups excluding carboxylic acids is 2. The van der Waals surface area contributed by atoms with Crippen molar-refractivity contribution < 1.29 is 19.1 Å². The van der Waals surface area contributed by atoms with Gasteiger partial charge in [0.1, 0.15) is 17.2 Å². The summed E-state index contributed by atoms with van der Waals surface area (Å²) in [7, 11) is 1.60. The number of carbonyl (C=O) groups is 2. The number of aryl methyl sites for hydroxylation is 1. The van der Waals surface area contributed by atoms with Gasteiger partial charge in [-0.3, -0.25) is 4.79 Å². The quantitative estimate of drug-likeness (QED) is 0.333. The van der Waals surface area contributed by atoms with Crippen LogP contribution < -0.4 is 20.7 Å². The van der Waals surface area contributed by atoms with E-state index in [9.17, 15) is 9.59 Å². The van der Waals surface area contributed by atoms with Gasteiger partial charge in [0, 0.05) is 36.2 Å². The Morgan fingerprint density at radius 1 is 1.10 bits per heavy atom. The van der Waals surface area contributed by atoms with Crippen molar-refractivity contribution in [3.8, 4) is 5.75 Å². The molecule has 39 heavy (non-hydrogen) atoms. The van der Waals surface area contributed by atoms with Gasteiger partial charge in [0.25, 0.3) is 0 Å². The van der Waals surface area contributed by atoms with Gasteiger partial charge in [-0.25, -0.2) is 9.78 Å². The summed E-state index contributed by atoms with van der Waals surface area (Å²) < 4.78 is 11.2. The van der Waals surface area contributed by atoms with Crippen LogP contribution in [0.2, 0.25) is 0 Å². The van der Waals surface area contributed by atoms with E-state index >= 15 is 0 Å². The molecule has 3 aromatic rings. The highest BCUT2D eigenvalue weighted by atomic mass is 16.6. The molecule has 2 amide bonds. The molecule has 0 saturated heterocycles. The molecule has 0 radical (unpaired) electrons. The summed E-state index contributed by atoms with van der Waals surface area (Å²) in [5.41, 5.74) is 4.54. The van der Waals surface area contributed by atoms with Crippen molar-refractivity contribution in [1.29, 1.82) is 0 Å². The van der Waals surface area contributed by atoms with Crippen molar-refractivity contribution in [3.05, 3.63) is 71.9 Å². The van der Waals surface area contributed by atoms with Gasteiger partial charge in [0.05, 0.1) is 12.8 Å². The second-order valence-electron chi connectivity index (χ2n) is 10.2. The number of amides is 2. The highest BCUT2D eigenvalue weighted by Gasteiger charge is 2.27. The SMILES string of the molecule is C=CC(=O)Nc1cccc(Nc2nc(Nc3cc4c(cc3OC)CN(C(=O)OC(C)(C)C)CC4)ncc2C)c1. The Kier molecular flexibility index (Phi) is 8.04. The molecule has 10 heteroatoms.